The second kappa shape index (κ2) is 8.16. The molecule has 1 unspecified atom stereocenters. The lowest BCUT2D eigenvalue weighted by Gasteiger charge is -2.29. The molecule has 4 rings (SSSR count). The molecule has 0 aliphatic rings. The molecule has 0 saturated heterocycles. The number of H-pyrrole nitrogens is 1. The van der Waals surface area contributed by atoms with E-state index >= 15 is 0 Å². The lowest BCUT2D eigenvalue weighted by Crippen LogP contribution is -2.31. The van der Waals surface area contributed by atoms with Crippen molar-refractivity contribution in [2.24, 2.45) is 5.41 Å². The maximum atomic E-state index is 12.8. The lowest BCUT2D eigenvalue weighted by molar-refractivity contribution is 0.359. The summed E-state index contributed by atoms with van der Waals surface area (Å²) in [5.74, 6) is 6.94. The highest BCUT2D eigenvalue weighted by molar-refractivity contribution is 9.10. The molecule has 0 saturated carbocycles. The summed E-state index contributed by atoms with van der Waals surface area (Å²) in [5.41, 5.74) is 1.72. The van der Waals surface area contributed by atoms with Crippen molar-refractivity contribution in [3.63, 3.8) is 0 Å². The van der Waals surface area contributed by atoms with E-state index in [0.717, 1.165) is 21.1 Å². The summed E-state index contributed by atoms with van der Waals surface area (Å²) in [6.07, 6.45) is 3.32. The van der Waals surface area contributed by atoms with Gasteiger partial charge in [0.2, 0.25) is 0 Å². The Labute approximate surface area is 189 Å². The van der Waals surface area contributed by atoms with Crippen LogP contribution in [0.1, 0.15) is 39.0 Å². The molecule has 0 spiro atoms. The molecule has 0 bridgehead atoms. The summed E-state index contributed by atoms with van der Waals surface area (Å²) < 4.78 is 0.895. The van der Waals surface area contributed by atoms with E-state index in [4.69, 9.17) is 4.98 Å². The second-order valence-electron chi connectivity index (χ2n) is 8.60. The van der Waals surface area contributed by atoms with Crippen LogP contribution in [0.15, 0.2) is 58.1 Å². The van der Waals surface area contributed by atoms with E-state index in [9.17, 15) is 4.79 Å². The Bertz CT molecular complexity index is 1390. The number of hydrogen-bond acceptors (Lipinski definition) is 4. The maximum absolute atomic E-state index is 12.8. The molecule has 5 nitrogen and oxygen atoms in total. The Morgan fingerprint density at radius 2 is 1.94 bits per heavy atom. The second-order valence-corrected chi connectivity index (χ2v) is 9.52. The Balaban J connectivity index is 2.00. The first kappa shape index (κ1) is 21.1. The van der Waals surface area contributed by atoms with Gasteiger partial charge in [-0.25, -0.2) is 9.97 Å². The van der Waals surface area contributed by atoms with E-state index in [1.807, 2.05) is 36.4 Å². The number of halogens is 1. The zero-order valence-electron chi connectivity index (χ0n) is 17.9. The van der Waals surface area contributed by atoms with Crippen LogP contribution in [0.4, 0.5) is 5.82 Å². The first-order valence-corrected chi connectivity index (χ1v) is 10.9. The molecule has 156 valence electrons. The van der Waals surface area contributed by atoms with Crippen molar-refractivity contribution in [3.8, 4) is 11.8 Å². The average Bonchev–Trinajstić information content (AvgIpc) is 2.73. The predicted octanol–water partition coefficient (Wildman–Crippen LogP) is 5.48. The summed E-state index contributed by atoms with van der Waals surface area (Å²) in [6.45, 7) is 8.67. The molecular formula is C25H23BrN4O. The van der Waals surface area contributed by atoms with Crippen molar-refractivity contribution >= 4 is 43.4 Å². The molecule has 0 amide bonds. The number of hydrogen-bond donors (Lipinski definition) is 2. The number of aromatic nitrogens is 3. The minimum Gasteiger partial charge on any atom is -0.367 e. The number of pyridine rings is 3. The topological polar surface area (TPSA) is 70.7 Å². The Hall–Kier alpha value is -3.17. The first-order chi connectivity index (χ1) is 14.7. The van der Waals surface area contributed by atoms with Crippen LogP contribution in [0, 0.1) is 17.3 Å². The van der Waals surface area contributed by atoms with Crippen molar-refractivity contribution in [1.29, 1.82) is 0 Å². The van der Waals surface area contributed by atoms with Gasteiger partial charge in [-0.2, -0.15) is 0 Å². The highest BCUT2D eigenvalue weighted by atomic mass is 79.9. The Morgan fingerprint density at radius 3 is 2.65 bits per heavy atom. The fourth-order valence-electron chi connectivity index (χ4n) is 3.18. The smallest absolute Gasteiger partial charge is 0.258 e. The monoisotopic (exact) mass is 474 g/mol. The average molecular weight is 475 g/mol. The fraction of sp³-hybridized carbons (Fsp3) is 0.240. The van der Waals surface area contributed by atoms with Crippen LogP contribution in [-0.4, -0.2) is 21.0 Å². The largest absolute Gasteiger partial charge is 0.367 e. The molecule has 3 heterocycles. The van der Waals surface area contributed by atoms with Gasteiger partial charge < -0.3 is 10.3 Å². The summed E-state index contributed by atoms with van der Waals surface area (Å²) in [5, 5.41) is 5.80. The van der Waals surface area contributed by atoms with Crippen LogP contribution in [0.2, 0.25) is 0 Å². The van der Waals surface area contributed by atoms with E-state index in [1.165, 1.54) is 0 Å². The summed E-state index contributed by atoms with van der Waals surface area (Å²) in [4.78, 5) is 24.8. The third-order valence-electron chi connectivity index (χ3n) is 5.44. The molecule has 0 aliphatic carbocycles. The van der Waals surface area contributed by atoms with Crippen LogP contribution < -0.4 is 10.9 Å². The van der Waals surface area contributed by atoms with E-state index in [0.29, 0.717) is 22.2 Å². The third kappa shape index (κ3) is 4.33. The van der Waals surface area contributed by atoms with Crippen molar-refractivity contribution in [2.45, 2.75) is 33.7 Å². The van der Waals surface area contributed by atoms with Gasteiger partial charge in [-0.1, -0.05) is 48.7 Å². The van der Waals surface area contributed by atoms with Gasteiger partial charge in [0.1, 0.15) is 11.5 Å². The van der Waals surface area contributed by atoms with E-state index in [1.54, 1.807) is 12.4 Å². The van der Waals surface area contributed by atoms with Crippen LogP contribution in [0.25, 0.3) is 21.7 Å². The minimum absolute atomic E-state index is 0.0358. The van der Waals surface area contributed by atoms with Crippen molar-refractivity contribution < 1.29 is 0 Å². The molecule has 2 N–H and O–H groups in total. The van der Waals surface area contributed by atoms with Gasteiger partial charge in [-0.3, -0.25) is 4.79 Å². The van der Waals surface area contributed by atoms with Gasteiger partial charge in [0.15, 0.2) is 0 Å². The highest BCUT2D eigenvalue weighted by Crippen LogP contribution is 2.33. The molecule has 1 aromatic carbocycles. The minimum atomic E-state index is -0.190. The van der Waals surface area contributed by atoms with Gasteiger partial charge in [0.05, 0.1) is 16.5 Å². The molecular weight excluding hydrogens is 452 g/mol. The van der Waals surface area contributed by atoms with E-state index in [2.05, 4.69) is 70.8 Å². The van der Waals surface area contributed by atoms with Crippen LogP contribution in [0.5, 0.6) is 0 Å². The van der Waals surface area contributed by atoms with E-state index in [-0.39, 0.29) is 17.0 Å². The van der Waals surface area contributed by atoms with Gasteiger partial charge in [-0.05, 0) is 48.6 Å². The zero-order valence-corrected chi connectivity index (χ0v) is 19.5. The Morgan fingerprint density at radius 1 is 1.13 bits per heavy atom. The van der Waals surface area contributed by atoms with Crippen LogP contribution in [0.3, 0.4) is 0 Å². The first-order valence-electron chi connectivity index (χ1n) is 10.1. The number of rotatable bonds is 2. The summed E-state index contributed by atoms with van der Waals surface area (Å²) in [6, 6.07) is 11.6. The molecule has 3 aromatic heterocycles. The molecule has 4 aromatic rings. The normalized spacial score (nSPS) is 12.4. The van der Waals surface area contributed by atoms with Crippen molar-refractivity contribution in [2.75, 3.05) is 5.32 Å². The van der Waals surface area contributed by atoms with Crippen molar-refractivity contribution in [1.82, 2.24) is 15.0 Å². The quantitative estimate of drug-likeness (QED) is 0.298. The van der Waals surface area contributed by atoms with Gasteiger partial charge in [0, 0.05) is 33.7 Å². The SMILES string of the molecule is CC(Nc1nc2c(C#Cc3ccccn3)c[nH]c(=O)c2c2cc(Br)ccc12)C(C)(C)C. The number of nitrogens with one attached hydrogen (secondary N) is 2. The number of nitrogens with zero attached hydrogens (tertiary/aromatic N) is 2. The molecule has 1 atom stereocenters. The highest BCUT2D eigenvalue weighted by Gasteiger charge is 2.22. The van der Waals surface area contributed by atoms with Gasteiger partial charge in [-0.15, -0.1) is 0 Å². The lowest BCUT2D eigenvalue weighted by atomic mass is 9.88. The van der Waals surface area contributed by atoms with Crippen LogP contribution >= 0.6 is 15.9 Å². The van der Waals surface area contributed by atoms with Gasteiger partial charge in [0.25, 0.3) is 5.56 Å². The molecule has 6 heteroatoms. The number of fused-ring (bicyclic) bond motifs is 3. The number of benzene rings is 1. The predicted molar refractivity (Wildman–Crippen MR) is 130 cm³/mol. The maximum Gasteiger partial charge on any atom is 0.258 e. The summed E-state index contributed by atoms with van der Waals surface area (Å²) >= 11 is 3.54. The molecule has 0 radical (unpaired) electrons. The number of aromatic amines is 1. The standard InChI is InChI=1S/C25H23BrN4O/c1-15(25(2,3)4)29-23-19-11-9-17(26)13-20(19)21-22(30-23)16(14-28-24(21)31)8-10-18-7-5-6-12-27-18/h5-7,9,11-15H,1-4H3,(H,28,31)(H,29,30). The molecule has 31 heavy (non-hydrogen) atoms. The van der Waals surface area contributed by atoms with E-state index < -0.39 is 0 Å². The Kier molecular flexibility index (Phi) is 5.55. The zero-order chi connectivity index (χ0) is 22.2. The number of anilines is 1. The van der Waals surface area contributed by atoms with Gasteiger partial charge >= 0.3 is 0 Å². The summed E-state index contributed by atoms with van der Waals surface area (Å²) in [7, 11) is 0. The molecule has 0 fully saturated rings. The van der Waals surface area contributed by atoms with Crippen LogP contribution in [-0.2, 0) is 0 Å². The molecule has 0 aliphatic heterocycles. The third-order valence-corrected chi connectivity index (χ3v) is 5.93. The van der Waals surface area contributed by atoms with Crippen molar-refractivity contribution in [3.05, 3.63) is 74.9 Å². The fourth-order valence-corrected chi connectivity index (χ4v) is 3.54.